The van der Waals surface area contributed by atoms with E-state index in [4.69, 9.17) is 16.3 Å². The fourth-order valence-electron chi connectivity index (χ4n) is 2.40. The molecule has 1 N–H and O–H groups in total. The lowest BCUT2D eigenvalue weighted by Crippen LogP contribution is -2.20. The molecule has 0 spiro atoms. The minimum Gasteiger partial charge on any atom is -0.493 e. The molecule has 120 valence electrons. The van der Waals surface area contributed by atoms with Gasteiger partial charge in [0, 0.05) is 5.02 Å². The summed E-state index contributed by atoms with van der Waals surface area (Å²) in [4.78, 5) is 0. The van der Waals surface area contributed by atoms with Crippen LogP contribution < -0.4 is 10.1 Å². The van der Waals surface area contributed by atoms with Crippen molar-refractivity contribution < 1.29 is 4.74 Å². The van der Waals surface area contributed by atoms with Crippen molar-refractivity contribution in [3.8, 4) is 5.75 Å². The molecule has 0 unspecified atom stereocenters. The summed E-state index contributed by atoms with van der Waals surface area (Å²) < 4.78 is 5.91. The van der Waals surface area contributed by atoms with Crippen molar-refractivity contribution in [2.45, 2.75) is 53.4 Å². The highest BCUT2D eigenvalue weighted by Gasteiger charge is 2.05. The number of nitrogens with one attached hydrogen (secondary N) is 1. The lowest BCUT2D eigenvalue weighted by Gasteiger charge is -2.12. The standard InChI is InChI=1S/C18H30ClNO/c1-14(2)13-20-9-7-5-6-8-10-21-18-15(3)11-17(19)12-16(18)4/h11-12,14,20H,5-10,13H2,1-4H3. The average molecular weight is 312 g/mol. The summed E-state index contributed by atoms with van der Waals surface area (Å²) in [5.41, 5.74) is 2.25. The Balaban J connectivity index is 2.10. The largest absolute Gasteiger partial charge is 0.493 e. The van der Waals surface area contributed by atoms with Crippen LogP contribution in [-0.4, -0.2) is 19.7 Å². The zero-order chi connectivity index (χ0) is 15.7. The third-order valence-corrected chi connectivity index (χ3v) is 3.69. The first-order chi connectivity index (χ1) is 10.0. The molecule has 0 fully saturated rings. The molecule has 0 bridgehead atoms. The number of halogens is 1. The lowest BCUT2D eigenvalue weighted by atomic mass is 10.1. The minimum absolute atomic E-state index is 0.740. The topological polar surface area (TPSA) is 21.3 Å². The molecule has 0 atom stereocenters. The summed E-state index contributed by atoms with van der Waals surface area (Å²) in [5.74, 6) is 1.74. The molecule has 1 aromatic rings. The van der Waals surface area contributed by atoms with Gasteiger partial charge in [-0.25, -0.2) is 0 Å². The van der Waals surface area contributed by atoms with Crippen LogP contribution in [0.1, 0.15) is 50.7 Å². The smallest absolute Gasteiger partial charge is 0.125 e. The van der Waals surface area contributed by atoms with Crippen LogP contribution in [0.2, 0.25) is 5.02 Å². The molecular weight excluding hydrogens is 282 g/mol. The molecule has 0 radical (unpaired) electrons. The van der Waals surface area contributed by atoms with Crippen molar-refractivity contribution in [2.75, 3.05) is 19.7 Å². The van der Waals surface area contributed by atoms with Crippen LogP contribution in [0.4, 0.5) is 0 Å². The minimum atomic E-state index is 0.740. The number of hydrogen-bond donors (Lipinski definition) is 1. The second-order valence-corrected chi connectivity index (χ2v) is 6.67. The first-order valence-electron chi connectivity index (χ1n) is 8.11. The van der Waals surface area contributed by atoms with Crippen LogP contribution in [0, 0.1) is 19.8 Å². The first-order valence-corrected chi connectivity index (χ1v) is 8.48. The van der Waals surface area contributed by atoms with E-state index in [1.165, 1.54) is 19.3 Å². The van der Waals surface area contributed by atoms with E-state index < -0.39 is 0 Å². The van der Waals surface area contributed by atoms with Crippen LogP contribution in [0.3, 0.4) is 0 Å². The predicted octanol–water partition coefficient (Wildman–Crippen LogP) is 5.14. The Morgan fingerprint density at radius 1 is 1.05 bits per heavy atom. The van der Waals surface area contributed by atoms with E-state index in [-0.39, 0.29) is 0 Å². The number of rotatable bonds is 10. The lowest BCUT2D eigenvalue weighted by molar-refractivity contribution is 0.300. The van der Waals surface area contributed by atoms with E-state index in [9.17, 15) is 0 Å². The summed E-state index contributed by atoms with van der Waals surface area (Å²) in [7, 11) is 0. The average Bonchev–Trinajstić information content (AvgIpc) is 2.38. The van der Waals surface area contributed by atoms with Gasteiger partial charge in [-0.1, -0.05) is 38.3 Å². The number of aryl methyl sites for hydroxylation is 2. The molecule has 0 aliphatic carbocycles. The van der Waals surface area contributed by atoms with Crippen molar-refractivity contribution in [1.82, 2.24) is 5.32 Å². The molecule has 0 saturated heterocycles. The second-order valence-electron chi connectivity index (χ2n) is 6.23. The molecule has 2 nitrogen and oxygen atoms in total. The van der Waals surface area contributed by atoms with Gasteiger partial charge in [0.2, 0.25) is 0 Å². The van der Waals surface area contributed by atoms with Crippen molar-refractivity contribution >= 4 is 11.6 Å². The number of ether oxygens (including phenoxy) is 1. The first kappa shape index (κ1) is 18.3. The molecular formula is C18H30ClNO. The molecule has 1 rings (SSSR count). The molecule has 0 aliphatic heterocycles. The van der Waals surface area contributed by atoms with Gasteiger partial charge in [0.05, 0.1) is 6.61 Å². The zero-order valence-corrected chi connectivity index (χ0v) is 14.7. The van der Waals surface area contributed by atoms with Gasteiger partial charge in [-0.15, -0.1) is 0 Å². The molecule has 0 aliphatic rings. The van der Waals surface area contributed by atoms with E-state index in [1.54, 1.807) is 0 Å². The monoisotopic (exact) mass is 311 g/mol. The molecule has 0 amide bonds. The van der Waals surface area contributed by atoms with Gasteiger partial charge in [-0.3, -0.25) is 0 Å². The van der Waals surface area contributed by atoms with Crippen molar-refractivity contribution in [2.24, 2.45) is 5.92 Å². The van der Waals surface area contributed by atoms with Crippen molar-refractivity contribution in [3.05, 3.63) is 28.3 Å². The Morgan fingerprint density at radius 3 is 2.29 bits per heavy atom. The van der Waals surface area contributed by atoms with Gasteiger partial charge in [-0.05, 0) is 69.0 Å². The van der Waals surface area contributed by atoms with Gasteiger partial charge in [0.1, 0.15) is 5.75 Å². The predicted molar refractivity (Wildman–Crippen MR) is 92.6 cm³/mol. The van der Waals surface area contributed by atoms with Crippen LogP contribution in [0.15, 0.2) is 12.1 Å². The Labute approximate surface area is 135 Å². The van der Waals surface area contributed by atoms with Gasteiger partial charge >= 0.3 is 0 Å². The van der Waals surface area contributed by atoms with Gasteiger partial charge in [0.15, 0.2) is 0 Å². The summed E-state index contributed by atoms with van der Waals surface area (Å²) in [6.45, 7) is 11.6. The third-order valence-electron chi connectivity index (χ3n) is 3.47. The summed E-state index contributed by atoms with van der Waals surface area (Å²) in [6, 6.07) is 3.93. The number of hydrogen-bond acceptors (Lipinski definition) is 2. The quantitative estimate of drug-likeness (QED) is 0.604. The van der Waals surface area contributed by atoms with Crippen molar-refractivity contribution in [1.29, 1.82) is 0 Å². The zero-order valence-electron chi connectivity index (χ0n) is 14.0. The van der Waals surface area contributed by atoms with Crippen molar-refractivity contribution in [3.63, 3.8) is 0 Å². The van der Waals surface area contributed by atoms with Crippen LogP contribution in [0.25, 0.3) is 0 Å². The normalized spacial score (nSPS) is 11.1. The van der Waals surface area contributed by atoms with E-state index in [2.05, 4.69) is 33.0 Å². The van der Waals surface area contributed by atoms with E-state index in [1.807, 2.05) is 12.1 Å². The Kier molecular flexibility index (Phi) is 8.79. The Bertz CT molecular complexity index is 395. The highest BCUT2D eigenvalue weighted by Crippen LogP contribution is 2.27. The summed E-state index contributed by atoms with van der Waals surface area (Å²) in [5, 5.41) is 4.26. The van der Waals surface area contributed by atoms with Gasteiger partial charge < -0.3 is 10.1 Å². The van der Waals surface area contributed by atoms with E-state index >= 15 is 0 Å². The summed E-state index contributed by atoms with van der Waals surface area (Å²) in [6.07, 6.45) is 4.87. The fourth-order valence-corrected chi connectivity index (χ4v) is 2.72. The molecule has 0 heterocycles. The second kappa shape index (κ2) is 10.1. The molecule has 0 saturated carbocycles. The molecule has 0 aromatic heterocycles. The van der Waals surface area contributed by atoms with Crippen LogP contribution in [-0.2, 0) is 0 Å². The molecule has 1 aromatic carbocycles. The maximum atomic E-state index is 6.02. The Morgan fingerprint density at radius 2 is 1.67 bits per heavy atom. The SMILES string of the molecule is Cc1cc(Cl)cc(C)c1OCCCCCCNCC(C)C. The molecule has 21 heavy (non-hydrogen) atoms. The van der Waals surface area contributed by atoms with Gasteiger partial charge in [-0.2, -0.15) is 0 Å². The maximum Gasteiger partial charge on any atom is 0.125 e. The highest BCUT2D eigenvalue weighted by atomic mass is 35.5. The van der Waals surface area contributed by atoms with Gasteiger partial charge in [0.25, 0.3) is 0 Å². The fraction of sp³-hybridized carbons (Fsp3) is 0.667. The van der Waals surface area contributed by atoms with E-state index in [0.29, 0.717) is 0 Å². The third kappa shape index (κ3) is 7.73. The van der Waals surface area contributed by atoms with Crippen LogP contribution in [0.5, 0.6) is 5.75 Å². The Hall–Kier alpha value is -0.730. The van der Waals surface area contributed by atoms with E-state index in [0.717, 1.165) is 53.9 Å². The number of benzene rings is 1. The number of unbranched alkanes of at least 4 members (excludes halogenated alkanes) is 3. The van der Waals surface area contributed by atoms with Crippen LogP contribution >= 0.6 is 11.6 Å². The molecule has 3 heteroatoms. The maximum absolute atomic E-state index is 6.02. The highest BCUT2D eigenvalue weighted by molar-refractivity contribution is 6.30. The summed E-state index contributed by atoms with van der Waals surface area (Å²) >= 11 is 6.02.